The molecule has 0 aliphatic rings. The van der Waals surface area contributed by atoms with E-state index in [4.69, 9.17) is 16.3 Å². The molecule has 0 saturated heterocycles. The third kappa shape index (κ3) is 2.92. The minimum Gasteiger partial charge on any atom is -0.497 e. The zero-order chi connectivity index (χ0) is 14.8. The molecule has 0 radical (unpaired) electrons. The third-order valence-electron chi connectivity index (χ3n) is 3.26. The Bertz CT molecular complexity index is 754. The maximum absolute atomic E-state index is 5.94. The van der Waals surface area contributed by atoms with Gasteiger partial charge in [0.2, 0.25) is 5.95 Å². The van der Waals surface area contributed by atoms with Crippen molar-refractivity contribution in [1.29, 1.82) is 0 Å². The zero-order valence-electron chi connectivity index (χ0n) is 11.7. The van der Waals surface area contributed by atoms with Crippen LogP contribution in [0.25, 0.3) is 5.65 Å². The Kier molecular flexibility index (Phi) is 3.66. The second-order valence-corrected chi connectivity index (χ2v) is 5.16. The Morgan fingerprint density at radius 3 is 2.67 bits per heavy atom. The molecule has 2 heterocycles. The SMILES string of the molecule is COc1ccc(C(C)Nc2nc3ccc(Cl)cn3n2)cc1. The quantitative estimate of drug-likeness (QED) is 0.800. The molecule has 5 nitrogen and oxygen atoms in total. The Morgan fingerprint density at radius 1 is 1.19 bits per heavy atom. The van der Waals surface area contributed by atoms with Crippen LogP contribution in [0, 0.1) is 0 Å². The van der Waals surface area contributed by atoms with Crippen LogP contribution in [0.4, 0.5) is 5.95 Å². The van der Waals surface area contributed by atoms with Gasteiger partial charge in [0.25, 0.3) is 0 Å². The number of fused-ring (bicyclic) bond motifs is 1. The van der Waals surface area contributed by atoms with Crippen molar-refractivity contribution < 1.29 is 4.74 Å². The van der Waals surface area contributed by atoms with E-state index in [-0.39, 0.29) is 6.04 Å². The summed E-state index contributed by atoms with van der Waals surface area (Å²) in [6, 6.07) is 11.6. The lowest BCUT2D eigenvalue weighted by Gasteiger charge is -2.12. The average Bonchev–Trinajstić information content (AvgIpc) is 2.88. The van der Waals surface area contributed by atoms with E-state index in [0.29, 0.717) is 11.0 Å². The van der Waals surface area contributed by atoms with Gasteiger partial charge in [-0.1, -0.05) is 23.7 Å². The van der Waals surface area contributed by atoms with Crippen molar-refractivity contribution in [3.8, 4) is 5.75 Å². The number of halogens is 1. The molecule has 1 aromatic carbocycles. The second kappa shape index (κ2) is 5.61. The maximum atomic E-state index is 5.94. The van der Waals surface area contributed by atoms with Crippen LogP contribution < -0.4 is 10.1 Å². The van der Waals surface area contributed by atoms with Gasteiger partial charge in [-0.2, -0.15) is 4.98 Å². The minimum atomic E-state index is 0.0868. The van der Waals surface area contributed by atoms with Crippen LogP contribution in [-0.2, 0) is 0 Å². The van der Waals surface area contributed by atoms with Crippen LogP contribution in [0.15, 0.2) is 42.6 Å². The number of methoxy groups -OCH3 is 1. The predicted octanol–water partition coefficient (Wildman–Crippen LogP) is 3.56. The summed E-state index contributed by atoms with van der Waals surface area (Å²) in [5, 5.41) is 8.26. The fourth-order valence-electron chi connectivity index (χ4n) is 2.09. The maximum Gasteiger partial charge on any atom is 0.243 e. The Labute approximate surface area is 127 Å². The summed E-state index contributed by atoms with van der Waals surface area (Å²) in [5.74, 6) is 1.41. The van der Waals surface area contributed by atoms with Crippen molar-refractivity contribution in [3.63, 3.8) is 0 Å². The molecule has 1 N–H and O–H groups in total. The molecule has 0 spiro atoms. The van der Waals surface area contributed by atoms with E-state index in [1.807, 2.05) is 30.3 Å². The fraction of sp³-hybridized carbons (Fsp3) is 0.200. The van der Waals surface area contributed by atoms with Gasteiger partial charge in [0.05, 0.1) is 18.2 Å². The number of hydrogen-bond donors (Lipinski definition) is 1. The van der Waals surface area contributed by atoms with E-state index >= 15 is 0 Å². The summed E-state index contributed by atoms with van der Waals surface area (Å²) in [6.07, 6.45) is 1.73. The van der Waals surface area contributed by atoms with Gasteiger partial charge in [0, 0.05) is 6.20 Å². The van der Waals surface area contributed by atoms with Gasteiger partial charge < -0.3 is 10.1 Å². The lowest BCUT2D eigenvalue weighted by molar-refractivity contribution is 0.414. The smallest absolute Gasteiger partial charge is 0.243 e. The molecule has 21 heavy (non-hydrogen) atoms. The molecule has 0 amide bonds. The van der Waals surface area contributed by atoms with E-state index in [0.717, 1.165) is 17.0 Å². The number of anilines is 1. The van der Waals surface area contributed by atoms with Gasteiger partial charge >= 0.3 is 0 Å². The van der Waals surface area contributed by atoms with Crippen LogP contribution in [-0.4, -0.2) is 21.7 Å². The third-order valence-corrected chi connectivity index (χ3v) is 3.48. The van der Waals surface area contributed by atoms with Crippen LogP contribution in [0.5, 0.6) is 5.75 Å². The van der Waals surface area contributed by atoms with Crippen molar-refractivity contribution in [2.45, 2.75) is 13.0 Å². The van der Waals surface area contributed by atoms with E-state index in [1.165, 1.54) is 0 Å². The molecule has 0 bridgehead atoms. The standard InChI is InChI=1S/C15H15ClN4O/c1-10(11-3-6-13(21-2)7-4-11)17-15-18-14-8-5-12(16)9-20(14)19-15/h3-10H,1-2H3,(H,17,19). The lowest BCUT2D eigenvalue weighted by atomic mass is 10.1. The van der Waals surface area contributed by atoms with Crippen LogP contribution in [0.2, 0.25) is 5.02 Å². The highest BCUT2D eigenvalue weighted by Crippen LogP contribution is 2.20. The van der Waals surface area contributed by atoms with Crippen LogP contribution in [0.1, 0.15) is 18.5 Å². The Balaban J connectivity index is 1.79. The normalized spacial score (nSPS) is 12.3. The van der Waals surface area contributed by atoms with Gasteiger partial charge in [0.15, 0.2) is 5.65 Å². The summed E-state index contributed by atoms with van der Waals surface area (Å²) >= 11 is 5.94. The number of benzene rings is 1. The van der Waals surface area contributed by atoms with Crippen LogP contribution in [0.3, 0.4) is 0 Å². The lowest BCUT2D eigenvalue weighted by Crippen LogP contribution is -2.07. The average molecular weight is 303 g/mol. The first-order valence-electron chi connectivity index (χ1n) is 6.58. The molecular formula is C15H15ClN4O. The van der Waals surface area contributed by atoms with E-state index in [9.17, 15) is 0 Å². The molecule has 108 valence electrons. The van der Waals surface area contributed by atoms with Crippen molar-refractivity contribution in [2.75, 3.05) is 12.4 Å². The van der Waals surface area contributed by atoms with Crippen molar-refractivity contribution in [3.05, 3.63) is 53.2 Å². The number of pyridine rings is 1. The number of aromatic nitrogens is 3. The largest absolute Gasteiger partial charge is 0.497 e. The van der Waals surface area contributed by atoms with Crippen molar-refractivity contribution in [1.82, 2.24) is 14.6 Å². The molecule has 6 heteroatoms. The second-order valence-electron chi connectivity index (χ2n) is 4.72. The number of rotatable bonds is 4. The predicted molar refractivity (Wildman–Crippen MR) is 83.0 cm³/mol. The summed E-state index contributed by atoms with van der Waals surface area (Å²) in [5.41, 5.74) is 1.89. The molecule has 1 unspecified atom stereocenters. The first kappa shape index (κ1) is 13.7. The summed E-state index contributed by atoms with van der Waals surface area (Å²) in [7, 11) is 1.66. The molecule has 0 aliphatic heterocycles. The monoisotopic (exact) mass is 302 g/mol. The molecule has 0 saturated carbocycles. The fourth-order valence-corrected chi connectivity index (χ4v) is 2.24. The number of hydrogen-bond acceptors (Lipinski definition) is 4. The molecule has 1 atom stereocenters. The summed E-state index contributed by atoms with van der Waals surface area (Å²) in [4.78, 5) is 4.41. The number of ether oxygens (including phenoxy) is 1. The Morgan fingerprint density at radius 2 is 1.95 bits per heavy atom. The number of nitrogens with one attached hydrogen (secondary N) is 1. The first-order chi connectivity index (χ1) is 10.2. The highest BCUT2D eigenvalue weighted by molar-refractivity contribution is 6.30. The Hall–Kier alpha value is -2.27. The van der Waals surface area contributed by atoms with Gasteiger partial charge in [-0.3, -0.25) is 0 Å². The highest BCUT2D eigenvalue weighted by Gasteiger charge is 2.09. The van der Waals surface area contributed by atoms with Crippen molar-refractivity contribution in [2.24, 2.45) is 0 Å². The summed E-state index contributed by atoms with van der Waals surface area (Å²) < 4.78 is 6.82. The molecule has 0 fully saturated rings. The van der Waals surface area contributed by atoms with Gasteiger partial charge in [-0.25, -0.2) is 4.52 Å². The molecular weight excluding hydrogens is 288 g/mol. The molecule has 0 aliphatic carbocycles. The number of nitrogens with zero attached hydrogens (tertiary/aromatic N) is 3. The topological polar surface area (TPSA) is 51.5 Å². The molecule has 3 rings (SSSR count). The highest BCUT2D eigenvalue weighted by atomic mass is 35.5. The molecule has 3 aromatic rings. The van der Waals surface area contributed by atoms with Gasteiger partial charge in [0.1, 0.15) is 5.75 Å². The van der Waals surface area contributed by atoms with Crippen LogP contribution >= 0.6 is 11.6 Å². The van der Waals surface area contributed by atoms with Crippen molar-refractivity contribution >= 4 is 23.2 Å². The first-order valence-corrected chi connectivity index (χ1v) is 6.96. The van der Waals surface area contributed by atoms with Gasteiger partial charge in [-0.05, 0) is 36.8 Å². The molecule has 2 aromatic heterocycles. The van der Waals surface area contributed by atoms with E-state index in [2.05, 4.69) is 22.3 Å². The zero-order valence-corrected chi connectivity index (χ0v) is 12.5. The van der Waals surface area contributed by atoms with E-state index < -0.39 is 0 Å². The van der Waals surface area contributed by atoms with Gasteiger partial charge in [-0.15, -0.1) is 5.10 Å². The summed E-state index contributed by atoms with van der Waals surface area (Å²) in [6.45, 7) is 2.06. The minimum absolute atomic E-state index is 0.0868. The van der Waals surface area contributed by atoms with E-state index in [1.54, 1.807) is 23.9 Å².